The third-order valence-corrected chi connectivity index (χ3v) is 5.43. The molecule has 1 atom stereocenters. The lowest BCUT2D eigenvalue weighted by molar-refractivity contribution is 0.122. The molecule has 4 nitrogen and oxygen atoms in total. The lowest BCUT2D eigenvalue weighted by Gasteiger charge is -2.24. The van der Waals surface area contributed by atoms with Crippen LogP contribution >= 0.6 is 0 Å². The van der Waals surface area contributed by atoms with Gasteiger partial charge < -0.3 is 18.0 Å². The molecule has 0 aromatic heterocycles. The Morgan fingerprint density at radius 2 is 1.71 bits per heavy atom. The SMILES string of the molecule is CO[Si](CCCC[C@@H]1CO1)(OC)OC. The van der Waals surface area contributed by atoms with Crippen molar-refractivity contribution in [2.75, 3.05) is 27.9 Å². The van der Waals surface area contributed by atoms with Crippen LogP contribution in [0.15, 0.2) is 0 Å². The van der Waals surface area contributed by atoms with Crippen LogP contribution in [0.3, 0.4) is 0 Å². The van der Waals surface area contributed by atoms with Gasteiger partial charge in [-0.1, -0.05) is 6.42 Å². The lowest BCUT2D eigenvalue weighted by atomic mass is 10.2. The molecule has 0 aromatic carbocycles. The van der Waals surface area contributed by atoms with Crippen molar-refractivity contribution in [1.82, 2.24) is 0 Å². The minimum Gasteiger partial charge on any atom is -0.377 e. The molecule has 0 bridgehead atoms. The van der Waals surface area contributed by atoms with Gasteiger partial charge in [0.05, 0.1) is 12.7 Å². The summed E-state index contributed by atoms with van der Waals surface area (Å²) in [7, 11) is 2.66. The average Bonchev–Trinajstić information content (AvgIpc) is 3.03. The second kappa shape index (κ2) is 5.82. The van der Waals surface area contributed by atoms with Gasteiger partial charge in [0.15, 0.2) is 0 Å². The van der Waals surface area contributed by atoms with Crippen LogP contribution in [0.4, 0.5) is 0 Å². The molecule has 14 heavy (non-hydrogen) atoms. The summed E-state index contributed by atoms with van der Waals surface area (Å²) in [6.45, 7) is 0.946. The molecule has 0 spiro atoms. The Bertz CT molecular complexity index is 149. The third-order valence-electron chi connectivity index (χ3n) is 2.59. The number of epoxide rings is 1. The second-order valence-corrected chi connectivity index (χ2v) is 6.59. The number of hydrogen-bond donors (Lipinski definition) is 0. The maximum Gasteiger partial charge on any atom is 0.500 e. The predicted octanol–water partition coefficient (Wildman–Crippen LogP) is 1.43. The number of unbranched alkanes of at least 4 members (excludes halogenated alkanes) is 1. The summed E-state index contributed by atoms with van der Waals surface area (Å²) in [4.78, 5) is 0. The highest BCUT2D eigenvalue weighted by Gasteiger charge is 2.37. The molecule has 1 aliphatic rings. The molecule has 1 saturated heterocycles. The van der Waals surface area contributed by atoms with E-state index in [2.05, 4.69) is 0 Å². The highest BCUT2D eigenvalue weighted by atomic mass is 28.4. The highest BCUT2D eigenvalue weighted by Crippen LogP contribution is 2.21. The van der Waals surface area contributed by atoms with Crippen LogP contribution in [0.25, 0.3) is 0 Å². The minimum atomic E-state index is -2.31. The Balaban J connectivity index is 2.11. The quantitative estimate of drug-likeness (QED) is 0.352. The lowest BCUT2D eigenvalue weighted by Crippen LogP contribution is -2.42. The molecule has 0 saturated carbocycles. The predicted molar refractivity (Wildman–Crippen MR) is 55.2 cm³/mol. The van der Waals surface area contributed by atoms with Gasteiger partial charge in [0, 0.05) is 27.4 Å². The molecule has 84 valence electrons. The summed E-state index contributed by atoms with van der Waals surface area (Å²) in [6.07, 6.45) is 3.93. The fourth-order valence-electron chi connectivity index (χ4n) is 1.50. The molecule has 0 N–H and O–H groups in total. The maximum atomic E-state index is 5.32. The van der Waals surface area contributed by atoms with Gasteiger partial charge in [0.25, 0.3) is 0 Å². The Hall–Kier alpha value is 0.0569. The summed E-state index contributed by atoms with van der Waals surface area (Å²) >= 11 is 0. The molecule has 0 aliphatic carbocycles. The molecule has 0 unspecified atom stereocenters. The van der Waals surface area contributed by atoms with Crippen molar-refractivity contribution < 1.29 is 18.0 Å². The van der Waals surface area contributed by atoms with E-state index in [9.17, 15) is 0 Å². The second-order valence-electron chi connectivity index (χ2n) is 3.50. The normalized spacial score (nSPS) is 21.2. The van der Waals surface area contributed by atoms with Crippen LogP contribution in [0, 0.1) is 0 Å². The average molecular weight is 220 g/mol. The fourth-order valence-corrected chi connectivity index (χ4v) is 3.30. The molecular weight excluding hydrogens is 200 g/mol. The molecule has 1 aliphatic heterocycles. The molecule has 5 heteroatoms. The van der Waals surface area contributed by atoms with Gasteiger partial charge in [-0.3, -0.25) is 0 Å². The van der Waals surface area contributed by atoms with Crippen molar-refractivity contribution >= 4 is 8.80 Å². The first kappa shape index (κ1) is 12.1. The largest absolute Gasteiger partial charge is 0.500 e. The summed E-state index contributed by atoms with van der Waals surface area (Å²) in [5, 5.41) is 0. The topological polar surface area (TPSA) is 40.2 Å². The molecule has 1 fully saturated rings. The van der Waals surface area contributed by atoms with Crippen LogP contribution in [0.5, 0.6) is 0 Å². The van der Waals surface area contributed by atoms with E-state index in [1.807, 2.05) is 0 Å². The van der Waals surface area contributed by atoms with Crippen molar-refractivity contribution in [2.24, 2.45) is 0 Å². The van der Waals surface area contributed by atoms with E-state index in [0.717, 1.165) is 31.9 Å². The van der Waals surface area contributed by atoms with Gasteiger partial charge in [-0.2, -0.15) is 0 Å². The molecular formula is C9H20O4Si. The van der Waals surface area contributed by atoms with Crippen LogP contribution < -0.4 is 0 Å². The molecule has 0 radical (unpaired) electrons. The van der Waals surface area contributed by atoms with Gasteiger partial charge in [-0.15, -0.1) is 0 Å². The van der Waals surface area contributed by atoms with E-state index in [0.29, 0.717) is 6.10 Å². The van der Waals surface area contributed by atoms with E-state index in [-0.39, 0.29) is 0 Å². The number of ether oxygens (including phenoxy) is 1. The zero-order valence-electron chi connectivity index (χ0n) is 9.25. The van der Waals surface area contributed by atoms with Gasteiger partial charge >= 0.3 is 8.80 Å². The zero-order chi connectivity index (χ0) is 10.4. The van der Waals surface area contributed by atoms with Crippen molar-refractivity contribution in [2.45, 2.75) is 31.4 Å². The van der Waals surface area contributed by atoms with Gasteiger partial charge in [-0.05, 0) is 12.8 Å². The van der Waals surface area contributed by atoms with Gasteiger partial charge in [-0.25, -0.2) is 0 Å². The third kappa shape index (κ3) is 3.66. The van der Waals surface area contributed by atoms with Crippen molar-refractivity contribution in [1.29, 1.82) is 0 Å². The molecule has 1 rings (SSSR count). The first-order valence-electron chi connectivity index (χ1n) is 5.03. The van der Waals surface area contributed by atoms with Gasteiger partial charge in [0.2, 0.25) is 0 Å². The van der Waals surface area contributed by atoms with E-state index >= 15 is 0 Å². The van der Waals surface area contributed by atoms with Crippen LogP contribution in [-0.4, -0.2) is 42.8 Å². The summed E-state index contributed by atoms with van der Waals surface area (Å²) in [5.74, 6) is 0. The molecule has 0 amide bonds. The Kier molecular flexibility index (Phi) is 5.04. The number of hydrogen-bond acceptors (Lipinski definition) is 4. The summed E-state index contributed by atoms with van der Waals surface area (Å²) in [5.41, 5.74) is 0. The van der Waals surface area contributed by atoms with Gasteiger partial charge in [0.1, 0.15) is 0 Å². The van der Waals surface area contributed by atoms with E-state index in [1.165, 1.54) is 0 Å². The van der Waals surface area contributed by atoms with Crippen molar-refractivity contribution in [3.8, 4) is 0 Å². The minimum absolute atomic E-state index is 0.527. The summed E-state index contributed by atoms with van der Waals surface area (Å²) < 4.78 is 21.1. The standard InChI is InChI=1S/C9H20O4Si/c1-10-14(11-2,12-3)7-5-4-6-9-8-13-9/h9H,4-8H2,1-3H3/t9-/m1/s1. The molecule has 1 heterocycles. The maximum absolute atomic E-state index is 5.32. The Morgan fingerprint density at radius 3 is 2.14 bits per heavy atom. The van der Waals surface area contributed by atoms with Crippen molar-refractivity contribution in [3.05, 3.63) is 0 Å². The zero-order valence-corrected chi connectivity index (χ0v) is 10.2. The smallest absolute Gasteiger partial charge is 0.377 e. The highest BCUT2D eigenvalue weighted by molar-refractivity contribution is 6.60. The monoisotopic (exact) mass is 220 g/mol. The Morgan fingerprint density at radius 1 is 1.14 bits per heavy atom. The first-order chi connectivity index (χ1) is 6.76. The Labute approximate surface area is 86.9 Å². The summed E-state index contributed by atoms with van der Waals surface area (Å²) in [6, 6.07) is 0.892. The number of rotatable bonds is 8. The fraction of sp³-hybridized carbons (Fsp3) is 1.00. The van der Waals surface area contributed by atoms with E-state index in [4.69, 9.17) is 18.0 Å². The van der Waals surface area contributed by atoms with Crippen LogP contribution in [-0.2, 0) is 18.0 Å². The van der Waals surface area contributed by atoms with E-state index < -0.39 is 8.80 Å². The van der Waals surface area contributed by atoms with Crippen LogP contribution in [0.2, 0.25) is 6.04 Å². The van der Waals surface area contributed by atoms with Crippen molar-refractivity contribution in [3.63, 3.8) is 0 Å². The first-order valence-corrected chi connectivity index (χ1v) is 6.96. The van der Waals surface area contributed by atoms with Crippen LogP contribution in [0.1, 0.15) is 19.3 Å². The van der Waals surface area contributed by atoms with E-state index in [1.54, 1.807) is 21.3 Å². The molecule has 0 aromatic rings.